The van der Waals surface area contributed by atoms with Crippen molar-refractivity contribution in [2.75, 3.05) is 0 Å². The minimum Gasteiger partial charge on any atom is -0.338 e. The number of aromatic nitrogens is 3. The molecule has 0 fully saturated rings. The van der Waals surface area contributed by atoms with Crippen molar-refractivity contribution in [1.29, 1.82) is 5.26 Å². The highest BCUT2D eigenvalue weighted by Gasteiger charge is 2.14. The maximum atomic E-state index is 8.96. The first-order valence-corrected chi connectivity index (χ1v) is 5.64. The summed E-state index contributed by atoms with van der Waals surface area (Å²) < 4.78 is 0. The van der Waals surface area contributed by atoms with Gasteiger partial charge in [0.05, 0.1) is 18.2 Å². The maximum Gasteiger partial charge on any atom is 0.156 e. The Balaban J connectivity index is 2.29. The topological polar surface area (TPSA) is 65.4 Å². The number of rotatable bonds is 2. The molecule has 2 heterocycles. The Morgan fingerprint density at radius 1 is 1.11 bits per heavy atom. The van der Waals surface area contributed by atoms with Crippen molar-refractivity contribution >= 4 is 11.2 Å². The third-order valence-electron chi connectivity index (χ3n) is 2.85. The van der Waals surface area contributed by atoms with Crippen molar-refractivity contribution in [3.63, 3.8) is 0 Å². The number of hydrogen-bond acceptors (Lipinski definition) is 3. The second-order valence-corrected chi connectivity index (χ2v) is 3.93. The van der Waals surface area contributed by atoms with Crippen LogP contribution in [-0.4, -0.2) is 15.0 Å². The van der Waals surface area contributed by atoms with Crippen LogP contribution in [-0.2, 0) is 6.42 Å². The fourth-order valence-electron chi connectivity index (χ4n) is 2.06. The van der Waals surface area contributed by atoms with E-state index < -0.39 is 0 Å². The maximum absolute atomic E-state index is 8.96. The molecule has 0 amide bonds. The molecule has 4 nitrogen and oxygen atoms in total. The lowest BCUT2D eigenvalue weighted by Crippen LogP contribution is -1.86. The van der Waals surface area contributed by atoms with Gasteiger partial charge in [0, 0.05) is 18.0 Å². The molecule has 0 atom stereocenters. The van der Waals surface area contributed by atoms with Gasteiger partial charge in [-0.1, -0.05) is 30.3 Å². The van der Waals surface area contributed by atoms with Crippen LogP contribution in [0.3, 0.4) is 0 Å². The van der Waals surface area contributed by atoms with Gasteiger partial charge in [0.15, 0.2) is 5.65 Å². The SMILES string of the molecule is N#CCc1c(-c2ccccc2)[nH]c2nccnc12. The molecular weight excluding hydrogens is 224 g/mol. The zero-order valence-corrected chi connectivity index (χ0v) is 9.59. The molecule has 0 aliphatic rings. The van der Waals surface area contributed by atoms with E-state index in [9.17, 15) is 0 Å². The highest BCUT2D eigenvalue weighted by atomic mass is 14.9. The van der Waals surface area contributed by atoms with Crippen molar-refractivity contribution < 1.29 is 0 Å². The first-order valence-electron chi connectivity index (χ1n) is 5.64. The summed E-state index contributed by atoms with van der Waals surface area (Å²) in [5.41, 5.74) is 4.38. The molecule has 0 saturated carbocycles. The van der Waals surface area contributed by atoms with Gasteiger partial charge >= 0.3 is 0 Å². The van der Waals surface area contributed by atoms with Crippen LogP contribution in [0.5, 0.6) is 0 Å². The van der Waals surface area contributed by atoms with Crippen LogP contribution in [0.15, 0.2) is 42.7 Å². The Hall–Kier alpha value is -2.67. The molecule has 0 aliphatic heterocycles. The summed E-state index contributed by atoms with van der Waals surface area (Å²) in [5.74, 6) is 0. The quantitative estimate of drug-likeness (QED) is 0.741. The number of hydrogen-bond donors (Lipinski definition) is 1. The van der Waals surface area contributed by atoms with E-state index in [-0.39, 0.29) is 0 Å². The predicted molar refractivity (Wildman–Crippen MR) is 68.6 cm³/mol. The molecule has 2 aromatic heterocycles. The minimum atomic E-state index is 0.322. The number of fused-ring (bicyclic) bond motifs is 1. The van der Waals surface area contributed by atoms with Crippen LogP contribution < -0.4 is 0 Å². The Morgan fingerprint density at radius 3 is 2.67 bits per heavy atom. The van der Waals surface area contributed by atoms with E-state index in [1.165, 1.54) is 0 Å². The van der Waals surface area contributed by atoms with E-state index in [0.717, 1.165) is 28.0 Å². The van der Waals surface area contributed by atoms with Crippen LogP contribution >= 0.6 is 0 Å². The van der Waals surface area contributed by atoms with Gasteiger partial charge in [0.25, 0.3) is 0 Å². The smallest absolute Gasteiger partial charge is 0.156 e. The molecule has 3 rings (SSSR count). The molecule has 18 heavy (non-hydrogen) atoms. The van der Waals surface area contributed by atoms with E-state index in [0.29, 0.717) is 6.42 Å². The number of H-pyrrole nitrogens is 1. The molecule has 1 N–H and O–H groups in total. The van der Waals surface area contributed by atoms with E-state index in [1.807, 2.05) is 30.3 Å². The summed E-state index contributed by atoms with van der Waals surface area (Å²) in [6.07, 6.45) is 3.61. The van der Waals surface area contributed by atoms with E-state index in [1.54, 1.807) is 12.4 Å². The average molecular weight is 234 g/mol. The average Bonchev–Trinajstić information content (AvgIpc) is 2.80. The fraction of sp³-hybridized carbons (Fsp3) is 0.0714. The molecule has 0 spiro atoms. The third kappa shape index (κ3) is 1.62. The summed E-state index contributed by atoms with van der Waals surface area (Å²) in [5, 5.41) is 8.96. The van der Waals surface area contributed by atoms with Crippen LogP contribution in [0.25, 0.3) is 22.4 Å². The van der Waals surface area contributed by atoms with Gasteiger partial charge in [-0.3, -0.25) is 4.98 Å². The van der Waals surface area contributed by atoms with Crippen molar-refractivity contribution in [2.24, 2.45) is 0 Å². The lowest BCUT2D eigenvalue weighted by atomic mass is 10.1. The summed E-state index contributed by atoms with van der Waals surface area (Å²) in [6, 6.07) is 12.1. The minimum absolute atomic E-state index is 0.322. The molecule has 3 aromatic rings. The van der Waals surface area contributed by atoms with Gasteiger partial charge in [-0.15, -0.1) is 0 Å². The van der Waals surface area contributed by atoms with E-state index in [2.05, 4.69) is 21.0 Å². The number of nitrogens with zero attached hydrogens (tertiary/aromatic N) is 3. The molecule has 0 bridgehead atoms. The Bertz CT molecular complexity index is 722. The van der Waals surface area contributed by atoms with Gasteiger partial charge in [0.2, 0.25) is 0 Å². The monoisotopic (exact) mass is 234 g/mol. The molecule has 1 aromatic carbocycles. The van der Waals surface area contributed by atoms with Crippen LogP contribution in [0.4, 0.5) is 0 Å². The molecule has 0 radical (unpaired) electrons. The zero-order chi connectivity index (χ0) is 12.4. The van der Waals surface area contributed by atoms with Crippen LogP contribution in [0.2, 0.25) is 0 Å². The van der Waals surface area contributed by atoms with Gasteiger partial charge < -0.3 is 4.98 Å². The summed E-state index contributed by atoms with van der Waals surface area (Å²) in [4.78, 5) is 11.8. The lowest BCUT2D eigenvalue weighted by Gasteiger charge is -2.00. The first kappa shape index (κ1) is 10.5. The Labute approximate surface area is 104 Å². The van der Waals surface area contributed by atoms with Gasteiger partial charge in [-0.25, -0.2) is 4.98 Å². The van der Waals surface area contributed by atoms with Crippen LogP contribution in [0, 0.1) is 11.3 Å². The fourth-order valence-corrected chi connectivity index (χ4v) is 2.06. The highest BCUT2D eigenvalue weighted by molar-refractivity contribution is 5.85. The second kappa shape index (κ2) is 4.30. The predicted octanol–water partition coefficient (Wildman–Crippen LogP) is 2.69. The molecule has 0 saturated heterocycles. The number of nitrogens with one attached hydrogen (secondary N) is 1. The van der Waals surface area contributed by atoms with Gasteiger partial charge in [0.1, 0.15) is 5.52 Å². The summed E-state index contributed by atoms with van der Waals surface area (Å²) >= 11 is 0. The zero-order valence-electron chi connectivity index (χ0n) is 9.59. The van der Waals surface area contributed by atoms with Crippen molar-refractivity contribution in [2.45, 2.75) is 6.42 Å². The second-order valence-electron chi connectivity index (χ2n) is 3.93. The standard InChI is InChI=1S/C14H10N4/c15-7-6-11-12(10-4-2-1-3-5-10)18-14-13(11)16-8-9-17-14/h1-5,8-9H,6H2,(H,17,18). The number of benzene rings is 1. The molecule has 0 aliphatic carbocycles. The third-order valence-corrected chi connectivity index (χ3v) is 2.85. The van der Waals surface area contributed by atoms with Crippen molar-refractivity contribution in [1.82, 2.24) is 15.0 Å². The largest absolute Gasteiger partial charge is 0.338 e. The number of nitriles is 1. The van der Waals surface area contributed by atoms with Crippen molar-refractivity contribution in [3.05, 3.63) is 48.3 Å². The van der Waals surface area contributed by atoms with Crippen LogP contribution in [0.1, 0.15) is 5.56 Å². The molecule has 86 valence electrons. The van der Waals surface area contributed by atoms with E-state index >= 15 is 0 Å². The Kier molecular flexibility index (Phi) is 2.50. The lowest BCUT2D eigenvalue weighted by molar-refractivity contribution is 1.25. The van der Waals surface area contributed by atoms with Crippen molar-refractivity contribution in [3.8, 4) is 17.3 Å². The molecule has 0 unspecified atom stereocenters. The normalized spacial score (nSPS) is 10.4. The molecular formula is C14H10N4. The van der Waals surface area contributed by atoms with Gasteiger partial charge in [-0.05, 0) is 5.56 Å². The molecule has 4 heteroatoms. The highest BCUT2D eigenvalue weighted by Crippen LogP contribution is 2.28. The number of aromatic amines is 1. The summed E-state index contributed by atoms with van der Waals surface area (Å²) in [7, 11) is 0. The van der Waals surface area contributed by atoms with E-state index in [4.69, 9.17) is 5.26 Å². The van der Waals surface area contributed by atoms with Gasteiger partial charge in [-0.2, -0.15) is 5.26 Å². The Morgan fingerprint density at radius 2 is 1.89 bits per heavy atom. The first-order chi connectivity index (χ1) is 8.90. The summed E-state index contributed by atoms with van der Waals surface area (Å²) in [6.45, 7) is 0.